The maximum absolute atomic E-state index is 5.47. The predicted molar refractivity (Wildman–Crippen MR) is 45.2 cm³/mol. The van der Waals surface area contributed by atoms with Crippen molar-refractivity contribution in [1.29, 1.82) is 0 Å². The number of rotatable bonds is 3. The molecule has 0 unspecified atom stereocenters. The Hall–Kier alpha value is -1.32. The van der Waals surface area contributed by atoms with Gasteiger partial charge in [-0.05, 0) is 12.8 Å². The first-order chi connectivity index (χ1) is 5.88. The first-order valence-corrected chi connectivity index (χ1v) is 4.05. The molecular weight excluding hydrogens is 154 g/mol. The fraction of sp³-hybridized carbons (Fsp3) is 0.500. The summed E-state index contributed by atoms with van der Waals surface area (Å²) < 4.78 is 5.47. The molecule has 1 heterocycles. The Labute approximate surface area is 71.0 Å². The maximum atomic E-state index is 5.47. The summed E-state index contributed by atoms with van der Waals surface area (Å²) in [6, 6.07) is 0. The SMILES string of the molecule is CNc1ncc(OC2CC2)cn1. The lowest BCUT2D eigenvalue weighted by Crippen LogP contribution is -1.99. The Morgan fingerprint density at radius 1 is 1.42 bits per heavy atom. The Bertz CT molecular complexity index is 256. The molecule has 1 fully saturated rings. The van der Waals surface area contributed by atoms with E-state index in [0.29, 0.717) is 12.1 Å². The van der Waals surface area contributed by atoms with Crippen LogP contribution in [-0.4, -0.2) is 23.1 Å². The van der Waals surface area contributed by atoms with E-state index in [1.54, 1.807) is 19.4 Å². The van der Waals surface area contributed by atoms with Crippen molar-refractivity contribution in [3.63, 3.8) is 0 Å². The van der Waals surface area contributed by atoms with Gasteiger partial charge in [-0.3, -0.25) is 0 Å². The number of hydrogen-bond acceptors (Lipinski definition) is 4. The van der Waals surface area contributed by atoms with Crippen molar-refractivity contribution >= 4 is 5.95 Å². The Morgan fingerprint density at radius 2 is 2.08 bits per heavy atom. The molecule has 1 aliphatic rings. The monoisotopic (exact) mass is 165 g/mol. The minimum Gasteiger partial charge on any atom is -0.487 e. The van der Waals surface area contributed by atoms with Gasteiger partial charge in [0, 0.05) is 7.05 Å². The van der Waals surface area contributed by atoms with Crippen molar-refractivity contribution in [3.05, 3.63) is 12.4 Å². The van der Waals surface area contributed by atoms with Gasteiger partial charge in [0.1, 0.15) is 0 Å². The fourth-order valence-corrected chi connectivity index (χ4v) is 0.884. The summed E-state index contributed by atoms with van der Waals surface area (Å²) in [5.74, 6) is 1.38. The average Bonchev–Trinajstić information content (AvgIpc) is 2.90. The highest BCUT2D eigenvalue weighted by Gasteiger charge is 2.23. The van der Waals surface area contributed by atoms with E-state index in [4.69, 9.17) is 4.74 Å². The van der Waals surface area contributed by atoms with Gasteiger partial charge in [0.15, 0.2) is 5.75 Å². The molecular formula is C8H11N3O. The van der Waals surface area contributed by atoms with Gasteiger partial charge in [0.05, 0.1) is 18.5 Å². The van der Waals surface area contributed by atoms with Crippen LogP contribution in [0.1, 0.15) is 12.8 Å². The molecule has 1 saturated carbocycles. The van der Waals surface area contributed by atoms with E-state index in [-0.39, 0.29) is 0 Å². The molecule has 0 atom stereocenters. The normalized spacial score (nSPS) is 15.8. The summed E-state index contributed by atoms with van der Waals surface area (Å²) in [6.07, 6.45) is 6.12. The van der Waals surface area contributed by atoms with E-state index in [1.807, 2.05) is 0 Å². The molecule has 12 heavy (non-hydrogen) atoms. The number of nitrogens with one attached hydrogen (secondary N) is 1. The van der Waals surface area contributed by atoms with Crippen LogP contribution < -0.4 is 10.1 Å². The van der Waals surface area contributed by atoms with Crippen molar-refractivity contribution in [2.75, 3.05) is 12.4 Å². The summed E-state index contributed by atoms with van der Waals surface area (Å²) in [7, 11) is 1.79. The molecule has 64 valence electrons. The fourth-order valence-electron chi connectivity index (χ4n) is 0.884. The van der Waals surface area contributed by atoms with E-state index in [0.717, 1.165) is 18.6 Å². The second-order valence-corrected chi connectivity index (χ2v) is 2.81. The predicted octanol–water partition coefficient (Wildman–Crippen LogP) is 1.06. The molecule has 1 aliphatic carbocycles. The molecule has 0 aromatic carbocycles. The Balaban J connectivity index is 2.02. The lowest BCUT2D eigenvalue weighted by molar-refractivity contribution is 0.301. The zero-order valence-electron chi connectivity index (χ0n) is 6.95. The molecule has 1 aromatic heterocycles. The highest BCUT2D eigenvalue weighted by atomic mass is 16.5. The highest BCUT2D eigenvalue weighted by Crippen LogP contribution is 2.25. The molecule has 4 heteroatoms. The first kappa shape index (κ1) is 7.34. The third kappa shape index (κ3) is 1.64. The van der Waals surface area contributed by atoms with Gasteiger partial charge < -0.3 is 10.1 Å². The van der Waals surface area contributed by atoms with E-state index in [9.17, 15) is 0 Å². The van der Waals surface area contributed by atoms with Gasteiger partial charge in [-0.15, -0.1) is 0 Å². The van der Waals surface area contributed by atoms with Gasteiger partial charge in [-0.1, -0.05) is 0 Å². The van der Waals surface area contributed by atoms with Gasteiger partial charge in [-0.2, -0.15) is 0 Å². The van der Waals surface area contributed by atoms with E-state index in [1.165, 1.54) is 0 Å². The van der Waals surface area contributed by atoms with Crippen molar-refractivity contribution in [2.24, 2.45) is 0 Å². The van der Waals surface area contributed by atoms with Crippen molar-refractivity contribution in [1.82, 2.24) is 9.97 Å². The topological polar surface area (TPSA) is 47.0 Å². The van der Waals surface area contributed by atoms with Crippen LogP contribution >= 0.6 is 0 Å². The summed E-state index contributed by atoms with van der Waals surface area (Å²) >= 11 is 0. The smallest absolute Gasteiger partial charge is 0.222 e. The zero-order chi connectivity index (χ0) is 8.39. The number of hydrogen-bond donors (Lipinski definition) is 1. The second kappa shape index (κ2) is 2.97. The highest BCUT2D eigenvalue weighted by molar-refractivity contribution is 5.26. The molecule has 0 spiro atoms. The van der Waals surface area contributed by atoms with Gasteiger partial charge in [0.2, 0.25) is 5.95 Å². The maximum Gasteiger partial charge on any atom is 0.222 e. The summed E-state index contributed by atoms with van der Waals surface area (Å²) in [5, 5.41) is 2.85. The van der Waals surface area contributed by atoms with E-state index >= 15 is 0 Å². The second-order valence-electron chi connectivity index (χ2n) is 2.81. The minimum atomic E-state index is 0.411. The number of anilines is 1. The van der Waals surface area contributed by atoms with Crippen LogP contribution in [0.3, 0.4) is 0 Å². The molecule has 0 saturated heterocycles. The number of nitrogens with zero attached hydrogens (tertiary/aromatic N) is 2. The molecule has 0 bridgehead atoms. The molecule has 4 nitrogen and oxygen atoms in total. The number of ether oxygens (including phenoxy) is 1. The quantitative estimate of drug-likeness (QED) is 0.727. The van der Waals surface area contributed by atoms with Gasteiger partial charge in [-0.25, -0.2) is 9.97 Å². The molecule has 0 radical (unpaired) electrons. The van der Waals surface area contributed by atoms with Gasteiger partial charge in [0.25, 0.3) is 0 Å². The average molecular weight is 165 g/mol. The molecule has 0 aliphatic heterocycles. The first-order valence-electron chi connectivity index (χ1n) is 4.05. The standard InChI is InChI=1S/C8H11N3O/c1-9-8-10-4-7(5-11-8)12-6-2-3-6/h4-6H,2-3H2,1H3,(H,9,10,11). The minimum absolute atomic E-state index is 0.411. The summed E-state index contributed by atoms with van der Waals surface area (Å²) in [6.45, 7) is 0. The molecule has 1 aromatic rings. The summed E-state index contributed by atoms with van der Waals surface area (Å²) in [4.78, 5) is 8.06. The van der Waals surface area contributed by atoms with Crippen LogP contribution in [0.25, 0.3) is 0 Å². The Kier molecular flexibility index (Phi) is 1.81. The molecule has 1 N–H and O–H groups in total. The van der Waals surface area contributed by atoms with Crippen LogP contribution in [0.15, 0.2) is 12.4 Å². The third-order valence-electron chi connectivity index (χ3n) is 1.68. The zero-order valence-corrected chi connectivity index (χ0v) is 6.95. The third-order valence-corrected chi connectivity index (χ3v) is 1.68. The van der Waals surface area contributed by atoms with E-state index < -0.39 is 0 Å². The lowest BCUT2D eigenvalue weighted by Gasteiger charge is -2.02. The van der Waals surface area contributed by atoms with Crippen molar-refractivity contribution in [3.8, 4) is 5.75 Å². The van der Waals surface area contributed by atoms with Crippen LogP contribution in [0, 0.1) is 0 Å². The van der Waals surface area contributed by atoms with Crippen molar-refractivity contribution in [2.45, 2.75) is 18.9 Å². The van der Waals surface area contributed by atoms with Crippen LogP contribution in [0.4, 0.5) is 5.95 Å². The van der Waals surface area contributed by atoms with Crippen LogP contribution in [0.2, 0.25) is 0 Å². The number of aromatic nitrogens is 2. The molecule has 0 amide bonds. The van der Waals surface area contributed by atoms with E-state index in [2.05, 4.69) is 15.3 Å². The van der Waals surface area contributed by atoms with Crippen molar-refractivity contribution < 1.29 is 4.74 Å². The van der Waals surface area contributed by atoms with Gasteiger partial charge >= 0.3 is 0 Å². The van der Waals surface area contributed by atoms with Crippen LogP contribution in [0.5, 0.6) is 5.75 Å². The van der Waals surface area contributed by atoms with Crippen LogP contribution in [-0.2, 0) is 0 Å². The summed E-state index contributed by atoms with van der Waals surface area (Å²) in [5.41, 5.74) is 0. The lowest BCUT2D eigenvalue weighted by atomic mass is 10.6. The molecule has 2 rings (SSSR count). The largest absolute Gasteiger partial charge is 0.487 e. The Morgan fingerprint density at radius 3 is 2.58 bits per heavy atom.